The van der Waals surface area contributed by atoms with Crippen LogP contribution in [0.2, 0.25) is 5.02 Å². The van der Waals surface area contributed by atoms with Gasteiger partial charge in [-0.3, -0.25) is 9.79 Å². The first-order chi connectivity index (χ1) is 17.5. The van der Waals surface area contributed by atoms with E-state index in [-0.39, 0.29) is 29.3 Å². The quantitative estimate of drug-likeness (QED) is 0.379. The number of carbonyl (C=O) groups is 1. The van der Waals surface area contributed by atoms with Crippen molar-refractivity contribution >= 4 is 45.5 Å². The first-order valence-corrected chi connectivity index (χ1v) is 13.3. The minimum atomic E-state index is -4.58. The molecular formula is C26H25ClN4O5S. The van der Waals surface area contributed by atoms with E-state index in [1.54, 1.807) is 38.1 Å². The van der Waals surface area contributed by atoms with E-state index < -0.39 is 14.7 Å². The van der Waals surface area contributed by atoms with Gasteiger partial charge < -0.3 is 15.7 Å². The first-order valence-electron chi connectivity index (χ1n) is 11.4. The molecule has 0 saturated heterocycles. The van der Waals surface area contributed by atoms with Gasteiger partial charge in [-0.05, 0) is 61.2 Å². The van der Waals surface area contributed by atoms with Crippen LogP contribution in [0.1, 0.15) is 34.7 Å². The Morgan fingerprint density at radius 1 is 1.14 bits per heavy atom. The number of sulfone groups is 1. The van der Waals surface area contributed by atoms with E-state index >= 15 is 0 Å². The molecule has 2 aromatic carbocycles. The smallest absolute Gasteiger partial charge is 0.343 e. The highest BCUT2D eigenvalue weighted by Gasteiger charge is 2.57. The van der Waals surface area contributed by atoms with Gasteiger partial charge in [0.05, 0.1) is 22.4 Å². The van der Waals surface area contributed by atoms with Gasteiger partial charge in [-0.25, -0.2) is 8.42 Å². The molecule has 3 aromatic rings. The summed E-state index contributed by atoms with van der Waals surface area (Å²) in [7, 11) is -4.58. The van der Waals surface area contributed by atoms with Crippen LogP contribution in [0, 0.1) is 24.3 Å². The number of nitrogens with one attached hydrogen (secondary N) is 1. The third-order valence-electron chi connectivity index (χ3n) is 6.23. The van der Waals surface area contributed by atoms with Crippen molar-refractivity contribution in [3.8, 4) is 0 Å². The van der Waals surface area contributed by atoms with Crippen LogP contribution in [0.3, 0.4) is 0 Å². The summed E-state index contributed by atoms with van der Waals surface area (Å²) in [6.07, 6.45) is 4.70. The summed E-state index contributed by atoms with van der Waals surface area (Å²) < 4.78 is 29.9. The topological polar surface area (TPSA) is 129 Å². The number of nitrogens with zero attached hydrogens (tertiary/aromatic N) is 3. The van der Waals surface area contributed by atoms with Gasteiger partial charge >= 0.3 is 4.87 Å². The average molecular weight is 541 g/mol. The van der Waals surface area contributed by atoms with Gasteiger partial charge in [0.25, 0.3) is 9.84 Å². The first kappa shape index (κ1) is 26.3. The van der Waals surface area contributed by atoms with Crippen molar-refractivity contribution in [2.75, 3.05) is 6.54 Å². The molecule has 0 bridgehead atoms. The van der Waals surface area contributed by atoms with E-state index in [0.29, 0.717) is 42.4 Å². The van der Waals surface area contributed by atoms with Crippen LogP contribution >= 0.6 is 11.6 Å². The lowest BCUT2D eigenvalue weighted by molar-refractivity contribution is -0.607. The summed E-state index contributed by atoms with van der Waals surface area (Å²) in [5, 5.41) is 29.6. The molecule has 9 nitrogen and oxygen atoms in total. The molecule has 1 N–H and O–H groups in total. The molecule has 1 atom stereocenters. The lowest BCUT2D eigenvalue weighted by atomic mass is 10.0. The number of hydroxylamine groups is 1. The second-order valence-corrected chi connectivity index (χ2v) is 11.3. The fraction of sp³-hybridized carbons (Fsp3) is 0.231. The highest BCUT2D eigenvalue weighted by atomic mass is 35.5. The van der Waals surface area contributed by atoms with Gasteiger partial charge in [0, 0.05) is 24.6 Å². The van der Waals surface area contributed by atoms with E-state index in [0.717, 1.165) is 18.6 Å². The maximum atomic E-state index is 14.6. The number of amides is 1. The fourth-order valence-electron chi connectivity index (χ4n) is 4.30. The minimum absolute atomic E-state index is 0.0647. The maximum Gasteiger partial charge on any atom is 0.343 e. The monoisotopic (exact) mass is 540 g/mol. The van der Waals surface area contributed by atoms with Crippen LogP contribution in [-0.2, 0) is 25.9 Å². The molecule has 1 aromatic heterocycles. The van der Waals surface area contributed by atoms with Crippen LogP contribution in [-0.4, -0.2) is 38.0 Å². The zero-order chi connectivity index (χ0) is 27.0. The Hall–Kier alpha value is -3.76. The third-order valence-corrected chi connectivity index (χ3v) is 8.98. The van der Waals surface area contributed by atoms with Gasteiger partial charge in [0.2, 0.25) is 5.91 Å². The van der Waals surface area contributed by atoms with Gasteiger partial charge in [-0.2, -0.15) is 9.47 Å². The molecule has 1 aliphatic rings. The van der Waals surface area contributed by atoms with E-state index in [9.17, 15) is 23.6 Å². The highest BCUT2D eigenvalue weighted by molar-refractivity contribution is 7.93. The van der Waals surface area contributed by atoms with Gasteiger partial charge in [0.1, 0.15) is 5.56 Å². The number of hydrogen-bond donors (Lipinski definition) is 1. The summed E-state index contributed by atoms with van der Waals surface area (Å²) in [6, 6.07) is 11.1. The standard InChI is InChI=1S/C26H25ClN4O5S/c1-17-13-25(18(2)12-23(17)27)37(35,36)26(16-29-24-7-5-4-6-21(24)14-31(26)34)22-15-30(33)11-9-20(22)8-10-28-19(3)32/h4-7,9,11-16H,8,10H2,1-3H3,(H,28,32)/t26-/m0/s1. The van der Waals surface area contributed by atoms with Crippen molar-refractivity contribution in [1.82, 2.24) is 5.32 Å². The zero-order valence-electron chi connectivity index (χ0n) is 20.4. The molecule has 37 heavy (non-hydrogen) atoms. The Kier molecular flexibility index (Phi) is 7.07. The molecule has 4 rings (SSSR count). The van der Waals surface area contributed by atoms with Gasteiger partial charge in [-0.1, -0.05) is 23.7 Å². The molecule has 1 amide bonds. The Bertz CT molecular complexity index is 1570. The second kappa shape index (κ2) is 9.95. The molecule has 2 heterocycles. The molecule has 1 aliphatic heterocycles. The molecule has 192 valence electrons. The summed E-state index contributed by atoms with van der Waals surface area (Å²) in [4.78, 5) is 13.3. The molecular weight excluding hydrogens is 516 g/mol. The van der Waals surface area contributed by atoms with Crippen LogP contribution in [0.15, 0.2) is 64.7 Å². The number of fused-ring (bicyclic) bond motifs is 1. The Morgan fingerprint density at radius 3 is 2.59 bits per heavy atom. The molecule has 0 aliphatic carbocycles. The Balaban J connectivity index is 2.07. The number of aryl methyl sites for hydroxylation is 2. The number of para-hydroxylation sites is 1. The van der Waals surface area contributed by atoms with Crippen molar-refractivity contribution < 1.29 is 22.7 Å². The Labute approximate surface area is 219 Å². The second-order valence-electron chi connectivity index (χ2n) is 8.82. The lowest BCUT2D eigenvalue weighted by Crippen LogP contribution is -2.48. The zero-order valence-corrected chi connectivity index (χ0v) is 22.0. The molecule has 0 unspecified atom stereocenters. The minimum Gasteiger partial charge on any atom is -0.622 e. The van der Waals surface area contributed by atoms with E-state index in [1.807, 2.05) is 0 Å². The normalized spacial score (nSPS) is 17.0. The number of benzene rings is 2. The number of halogens is 1. The molecule has 0 radical (unpaired) electrons. The van der Waals surface area contributed by atoms with Crippen LogP contribution < -0.4 is 10.0 Å². The molecule has 0 fully saturated rings. The number of rotatable bonds is 6. The number of aromatic nitrogens is 1. The van der Waals surface area contributed by atoms with Crippen molar-refractivity contribution in [1.29, 1.82) is 0 Å². The number of hydrogen-bond acceptors (Lipinski definition) is 6. The van der Waals surface area contributed by atoms with Gasteiger partial charge in [0.15, 0.2) is 18.6 Å². The summed E-state index contributed by atoms with van der Waals surface area (Å²) >= 11 is 6.24. The van der Waals surface area contributed by atoms with Gasteiger partial charge in [-0.15, -0.1) is 0 Å². The van der Waals surface area contributed by atoms with Crippen molar-refractivity contribution in [3.63, 3.8) is 0 Å². The fourth-order valence-corrected chi connectivity index (χ4v) is 6.63. The largest absolute Gasteiger partial charge is 0.622 e. The predicted molar refractivity (Wildman–Crippen MR) is 141 cm³/mol. The van der Waals surface area contributed by atoms with Crippen LogP contribution in [0.4, 0.5) is 5.69 Å². The SMILES string of the molecule is CC(=O)NCCc1cc[n+]([O-])cc1[C@@]1(S(=O)(=O)c2cc(C)c(Cl)cc2C)C=Nc2ccccc2C=[N+]1[O-]. The van der Waals surface area contributed by atoms with E-state index in [2.05, 4.69) is 10.3 Å². The van der Waals surface area contributed by atoms with E-state index in [4.69, 9.17) is 11.6 Å². The average Bonchev–Trinajstić information content (AvgIpc) is 2.98. The van der Waals surface area contributed by atoms with Crippen LogP contribution in [0.5, 0.6) is 0 Å². The lowest BCUT2D eigenvalue weighted by Gasteiger charge is -2.29. The van der Waals surface area contributed by atoms with Crippen molar-refractivity contribution in [2.24, 2.45) is 4.99 Å². The summed E-state index contributed by atoms with van der Waals surface area (Å²) in [5.74, 6) is -0.267. The molecule has 11 heteroatoms. The summed E-state index contributed by atoms with van der Waals surface area (Å²) in [5.41, 5.74) is 1.98. The molecule has 0 spiro atoms. The Morgan fingerprint density at radius 2 is 1.86 bits per heavy atom. The number of pyridine rings is 1. The van der Waals surface area contributed by atoms with Crippen molar-refractivity contribution in [2.45, 2.75) is 37.0 Å². The van der Waals surface area contributed by atoms with Crippen LogP contribution in [0.25, 0.3) is 0 Å². The summed E-state index contributed by atoms with van der Waals surface area (Å²) in [6.45, 7) is 4.78. The number of carbonyl (C=O) groups excluding carboxylic acids is 1. The maximum absolute atomic E-state index is 14.6. The third kappa shape index (κ3) is 4.70. The van der Waals surface area contributed by atoms with Crippen molar-refractivity contribution in [3.05, 3.63) is 98.1 Å². The number of aliphatic imine (C=N–C) groups is 1. The predicted octanol–water partition coefficient (Wildman–Crippen LogP) is 3.24. The van der Waals surface area contributed by atoms with E-state index in [1.165, 1.54) is 31.3 Å². The highest BCUT2D eigenvalue weighted by Crippen LogP contribution is 2.40. The molecule has 0 saturated carbocycles.